The maximum atomic E-state index is 13.7. The normalized spacial score (nSPS) is 27.4. The molecule has 0 aromatic carbocycles. The van der Waals surface area contributed by atoms with Crippen LogP contribution in [0, 0.1) is 0 Å². The number of carbonyl (C=O) groups excluding carboxylic acids is 4. The lowest BCUT2D eigenvalue weighted by Crippen LogP contribution is -2.70. The highest BCUT2D eigenvalue weighted by Gasteiger charge is 2.69. The zero-order valence-corrected chi connectivity index (χ0v) is 13.9. The van der Waals surface area contributed by atoms with Crippen LogP contribution in [-0.4, -0.2) is 64.5 Å². The van der Waals surface area contributed by atoms with Crippen LogP contribution >= 0.6 is 0 Å². The van der Waals surface area contributed by atoms with E-state index in [2.05, 4.69) is 0 Å². The van der Waals surface area contributed by atoms with Gasteiger partial charge in [-0.1, -0.05) is 12.8 Å². The molecule has 2 N–H and O–H groups in total. The Hall–Kier alpha value is -2.33. The largest absolute Gasteiger partial charge is 0.440 e. The first-order chi connectivity index (χ1) is 12.2. The number of nitrogens with one attached hydrogen (secondary N) is 2. The zero-order chi connectivity index (χ0) is 19.1. The minimum atomic E-state index is -5.22. The Morgan fingerprint density at radius 3 is 2.38 bits per heavy atom. The molecule has 0 aromatic rings. The molecule has 3 aliphatic rings. The number of hydrogen-bond acceptors (Lipinski definition) is 4. The Morgan fingerprint density at radius 2 is 1.85 bits per heavy atom. The number of hydrogen-bond donors (Lipinski definition) is 2. The van der Waals surface area contributed by atoms with Crippen LogP contribution in [0.4, 0.5) is 18.0 Å². The molecule has 0 bridgehead atoms. The molecule has 2 saturated heterocycles. The molecule has 0 unspecified atom stereocenters. The molecule has 11 heteroatoms. The van der Waals surface area contributed by atoms with Gasteiger partial charge in [-0.2, -0.15) is 13.2 Å². The summed E-state index contributed by atoms with van der Waals surface area (Å²) in [5.41, 5.74) is -3.49. The van der Waals surface area contributed by atoms with Gasteiger partial charge in [-0.25, -0.2) is 4.79 Å². The number of imide groups is 1. The van der Waals surface area contributed by atoms with Crippen LogP contribution in [0.2, 0.25) is 0 Å². The van der Waals surface area contributed by atoms with Crippen LogP contribution < -0.4 is 10.6 Å². The highest BCUT2D eigenvalue weighted by atomic mass is 19.4. The smallest absolute Gasteiger partial charge is 0.333 e. The van der Waals surface area contributed by atoms with Crippen LogP contribution in [0.5, 0.6) is 0 Å². The molecule has 2 heterocycles. The third-order valence-corrected chi connectivity index (χ3v) is 5.00. The monoisotopic (exact) mass is 376 g/mol. The van der Waals surface area contributed by atoms with Gasteiger partial charge in [-0.3, -0.25) is 24.6 Å². The van der Waals surface area contributed by atoms with Gasteiger partial charge in [-0.15, -0.1) is 0 Å². The van der Waals surface area contributed by atoms with Crippen LogP contribution in [0.25, 0.3) is 0 Å². The molecule has 1 aliphatic carbocycles. The van der Waals surface area contributed by atoms with Crippen molar-refractivity contribution in [2.45, 2.75) is 56.4 Å². The lowest BCUT2D eigenvalue weighted by molar-refractivity contribution is -0.204. The number of amides is 5. The molecular weight excluding hydrogens is 357 g/mol. The third kappa shape index (κ3) is 2.99. The van der Waals surface area contributed by atoms with Gasteiger partial charge in [0.05, 0.1) is 6.54 Å². The molecule has 8 nitrogen and oxygen atoms in total. The van der Waals surface area contributed by atoms with Crippen LogP contribution in [0.15, 0.2) is 0 Å². The van der Waals surface area contributed by atoms with E-state index in [1.54, 1.807) is 10.6 Å². The average Bonchev–Trinajstić information content (AvgIpc) is 3.22. The molecule has 0 aromatic heterocycles. The number of carbonyl (C=O) groups is 4. The van der Waals surface area contributed by atoms with E-state index in [1.807, 2.05) is 0 Å². The van der Waals surface area contributed by atoms with E-state index >= 15 is 0 Å². The van der Waals surface area contributed by atoms with Gasteiger partial charge in [0.2, 0.25) is 11.8 Å². The van der Waals surface area contributed by atoms with Crippen LogP contribution in [0.1, 0.15) is 38.5 Å². The van der Waals surface area contributed by atoms with Gasteiger partial charge in [0.25, 0.3) is 11.6 Å². The summed E-state index contributed by atoms with van der Waals surface area (Å²) in [7, 11) is 0. The summed E-state index contributed by atoms with van der Waals surface area (Å²) < 4.78 is 41.1. The Morgan fingerprint density at radius 1 is 1.19 bits per heavy atom. The number of rotatable bonds is 4. The Labute approximate surface area is 147 Å². The fourth-order valence-corrected chi connectivity index (χ4v) is 3.68. The summed E-state index contributed by atoms with van der Waals surface area (Å²) in [4.78, 5) is 50.0. The topological polar surface area (TPSA) is 98.8 Å². The molecule has 26 heavy (non-hydrogen) atoms. The van der Waals surface area contributed by atoms with E-state index in [1.165, 1.54) is 0 Å². The second-order valence-corrected chi connectivity index (χ2v) is 6.76. The number of nitrogens with zero attached hydrogens (tertiary/aromatic N) is 2. The fourth-order valence-electron chi connectivity index (χ4n) is 3.68. The van der Waals surface area contributed by atoms with Gasteiger partial charge in [-0.05, 0) is 19.3 Å². The second-order valence-electron chi connectivity index (χ2n) is 6.76. The minimum Gasteiger partial charge on any atom is -0.333 e. The molecule has 144 valence electrons. The highest BCUT2D eigenvalue weighted by molar-refractivity contribution is 6.09. The minimum absolute atomic E-state index is 0.225. The zero-order valence-electron chi connectivity index (χ0n) is 13.9. The number of halogens is 3. The number of alkyl halides is 3. The first-order valence-corrected chi connectivity index (χ1v) is 8.47. The number of urea groups is 1. The summed E-state index contributed by atoms with van der Waals surface area (Å²) in [6, 6.07) is -1.78. The third-order valence-electron chi connectivity index (χ3n) is 5.00. The van der Waals surface area contributed by atoms with E-state index in [-0.39, 0.29) is 18.9 Å². The van der Waals surface area contributed by atoms with E-state index in [0.29, 0.717) is 37.0 Å². The standard InChI is InChI=1S/C15H19F3N4O4/c16-15(17,18)14(19-10(23)8-21-7-3-6-11(21)24)12(25)22(13(26)20-14)9-4-1-2-5-9/h9H,1-8H2,(H,19,23)(H,20,26)/t14-/m1/s1. The van der Waals surface area contributed by atoms with Gasteiger partial charge in [0.15, 0.2) is 0 Å². The highest BCUT2D eigenvalue weighted by Crippen LogP contribution is 2.37. The van der Waals surface area contributed by atoms with E-state index in [4.69, 9.17) is 0 Å². The molecule has 0 spiro atoms. The quantitative estimate of drug-likeness (QED) is 0.697. The van der Waals surface area contributed by atoms with Crippen LogP contribution in [0.3, 0.4) is 0 Å². The summed E-state index contributed by atoms with van der Waals surface area (Å²) in [5, 5.41) is 3.26. The lowest BCUT2D eigenvalue weighted by atomic mass is 10.1. The maximum Gasteiger partial charge on any atom is 0.440 e. The van der Waals surface area contributed by atoms with Gasteiger partial charge in [0, 0.05) is 19.0 Å². The summed E-state index contributed by atoms with van der Waals surface area (Å²) in [6.45, 7) is -0.330. The summed E-state index contributed by atoms with van der Waals surface area (Å²) in [6.07, 6.45) is -2.19. The van der Waals surface area contributed by atoms with Crippen molar-refractivity contribution >= 4 is 23.8 Å². The van der Waals surface area contributed by atoms with Gasteiger partial charge in [0.1, 0.15) is 0 Å². The molecule has 1 atom stereocenters. The summed E-state index contributed by atoms with van der Waals surface area (Å²) >= 11 is 0. The molecule has 1 saturated carbocycles. The Kier molecular flexibility index (Phi) is 4.57. The first kappa shape index (κ1) is 18.5. The van der Waals surface area contributed by atoms with Crippen molar-refractivity contribution in [1.29, 1.82) is 0 Å². The van der Waals surface area contributed by atoms with Gasteiger partial charge >= 0.3 is 12.2 Å². The van der Waals surface area contributed by atoms with E-state index < -0.39 is 42.3 Å². The van der Waals surface area contributed by atoms with Crippen molar-refractivity contribution in [1.82, 2.24) is 20.4 Å². The van der Waals surface area contributed by atoms with E-state index in [0.717, 1.165) is 4.90 Å². The van der Waals surface area contributed by atoms with Crippen LogP contribution in [-0.2, 0) is 14.4 Å². The average molecular weight is 376 g/mol. The fraction of sp³-hybridized carbons (Fsp3) is 0.733. The Bertz CT molecular complexity index is 647. The van der Waals surface area contributed by atoms with Crippen molar-refractivity contribution in [2.75, 3.05) is 13.1 Å². The maximum absolute atomic E-state index is 13.7. The molecule has 3 rings (SSSR count). The molecule has 3 fully saturated rings. The van der Waals surface area contributed by atoms with Gasteiger partial charge < -0.3 is 10.2 Å². The van der Waals surface area contributed by atoms with Crippen molar-refractivity contribution in [3.05, 3.63) is 0 Å². The molecule has 5 amide bonds. The van der Waals surface area contributed by atoms with Crippen molar-refractivity contribution in [3.63, 3.8) is 0 Å². The molecule has 0 radical (unpaired) electrons. The first-order valence-electron chi connectivity index (χ1n) is 8.47. The second kappa shape index (κ2) is 6.44. The number of likely N-dealkylation sites (tertiary alicyclic amines) is 1. The lowest BCUT2D eigenvalue weighted by Gasteiger charge is -2.31. The summed E-state index contributed by atoms with van der Waals surface area (Å²) in [5.74, 6) is -3.02. The predicted octanol–water partition coefficient (Wildman–Crippen LogP) is 0.478. The Balaban J connectivity index is 1.81. The van der Waals surface area contributed by atoms with Crippen molar-refractivity contribution < 1.29 is 32.3 Å². The van der Waals surface area contributed by atoms with Crippen molar-refractivity contribution in [3.8, 4) is 0 Å². The SMILES string of the molecule is O=C(CN1CCCC1=O)N[C@@]1(C(F)(F)F)NC(=O)N(C2CCCC2)C1=O. The van der Waals surface area contributed by atoms with E-state index in [9.17, 15) is 32.3 Å². The molecule has 2 aliphatic heterocycles. The van der Waals surface area contributed by atoms with Crippen molar-refractivity contribution in [2.24, 2.45) is 0 Å². The predicted molar refractivity (Wildman–Crippen MR) is 80.4 cm³/mol. The molecular formula is C15H19F3N4O4.